The first-order valence-corrected chi connectivity index (χ1v) is 23.2. The minimum absolute atomic E-state index is 0.101. The number of hydrogen-bond donors (Lipinski definition) is 10. The summed E-state index contributed by atoms with van der Waals surface area (Å²) in [6.07, 6.45) is -19.6. The molecule has 378 valence electrons. The van der Waals surface area contributed by atoms with E-state index in [2.05, 4.69) is 15.3 Å². The molecule has 7 rings (SSSR count). The molecule has 4 aliphatic heterocycles. The second-order valence-electron chi connectivity index (χ2n) is 16.9. The standard InChI is InChI=1S/C42H58FN5O19S/c43-21-9-7-20(8-10-21)28(52)23-19-68-38(44-23)24-6-5-12-48(24)42(60)62-18-22-14-47(46-45-22)11-3-1-2-4-13-61-39-34(58)31(55)36(26(16-50)64-39)67-41-35(59)32(56)37(27(17-51)65-41)66-40-33(57)30(54)29(53)25(15-49)63-40/h7-10,14,19,24-27,29-37,39-41,49-51,53-59H,1-6,11-13,15-18H2/t24-,25?,26?,27?,29+,30?,31?,32?,33-,34-,35-,36+,37+,39+,40-,41-/m0/s1. The molecule has 6 heterocycles. The second kappa shape index (κ2) is 23.9. The summed E-state index contributed by atoms with van der Waals surface area (Å²) in [5, 5.41) is 114. The van der Waals surface area contributed by atoms with Crippen LogP contribution in [0, 0.1) is 5.82 Å². The number of benzene rings is 1. The number of ketones is 1. The van der Waals surface area contributed by atoms with Gasteiger partial charge in [0, 0.05) is 30.6 Å². The lowest BCUT2D eigenvalue weighted by atomic mass is 9.96. The summed E-state index contributed by atoms with van der Waals surface area (Å²) in [5.74, 6) is -0.785. The molecule has 16 atom stereocenters. The number of likely N-dealkylation sites (tertiary alicyclic amines) is 1. The number of amides is 1. The highest BCUT2D eigenvalue weighted by Gasteiger charge is 2.53. The Bertz CT molecular complexity index is 2070. The first-order valence-electron chi connectivity index (χ1n) is 22.3. The molecule has 1 aromatic carbocycles. The van der Waals surface area contributed by atoms with Gasteiger partial charge in [-0.15, -0.1) is 16.4 Å². The molecule has 6 unspecified atom stereocenters. The SMILES string of the molecule is O=C(c1ccc(F)cc1)c1csc([C@@H]2CCCN2C(=O)OCc2cn(CCCCCCO[C@@H]3OC(CO)[C@@H](O[C@@H]4OC(CO)[C@@H](O[C@@H]5OC(CO)[C@@H](O)C(O)[C@@H]5O)C(O)[C@@H]4O)C(O)[C@@H]3O)nn2)n1. The van der Waals surface area contributed by atoms with Crippen LogP contribution >= 0.6 is 11.3 Å². The van der Waals surface area contributed by atoms with Gasteiger partial charge < -0.3 is 84.2 Å². The molecule has 4 aliphatic rings. The maximum absolute atomic E-state index is 13.3. The van der Waals surface area contributed by atoms with Crippen molar-refractivity contribution in [3.05, 3.63) is 63.6 Å². The highest BCUT2D eigenvalue weighted by molar-refractivity contribution is 7.10. The summed E-state index contributed by atoms with van der Waals surface area (Å²) in [7, 11) is 0. The number of rotatable bonds is 20. The molecule has 4 saturated heterocycles. The van der Waals surface area contributed by atoms with E-state index in [0.717, 1.165) is 12.8 Å². The van der Waals surface area contributed by atoms with Gasteiger partial charge in [0.05, 0.1) is 32.1 Å². The third-order valence-corrected chi connectivity index (χ3v) is 13.1. The van der Waals surface area contributed by atoms with Gasteiger partial charge in [-0.05, 0) is 49.9 Å². The molecule has 0 aliphatic carbocycles. The lowest BCUT2D eigenvalue weighted by Crippen LogP contribution is -2.66. The number of aromatic nitrogens is 4. The Labute approximate surface area is 391 Å². The van der Waals surface area contributed by atoms with E-state index in [-0.39, 0.29) is 30.7 Å². The van der Waals surface area contributed by atoms with Gasteiger partial charge in [-0.3, -0.25) is 14.4 Å². The predicted molar refractivity (Wildman–Crippen MR) is 224 cm³/mol. The molecule has 4 fully saturated rings. The Balaban J connectivity index is 0.795. The van der Waals surface area contributed by atoms with Crippen molar-refractivity contribution in [3.63, 3.8) is 0 Å². The van der Waals surface area contributed by atoms with Gasteiger partial charge in [-0.1, -0.05) is 18.1 Å². The molecule has 0 spiro atoms. The normalized spacial score (nSPS) is 34.3. The number of carbonyl (C=O) groups is 2. The molecule has 0 radical (unpaired) electrons. The van der Waals surface area contributed by atoms with Crippen molar-refractivity contribution in [2.45, 2.75) is 150 Å². The molecule has 10 N–H and O–H groups in total. The number of aryl methyl sites for hydroxylation is 1. The molecule has 2 aromatic heterocycles. The van der Waals surface area contributed by atoms with E-state index in [0.29, 0.717) is 55.0 Å². The van der Waals surface area contributed by atoms with Gasteiger partial charge in [0.25, 0.3) is 0 Å². The highest BCUT2D eigenvalue weighted by atomic mass is 32.1. The van der Waals surface area contributed by atoms with Crippen LogP contribution in [0.3, 0.4) is 0 Å². The molecule has 1 amide bonds. The van der Waals surface area contributed by atoms with Crippen LogP contribution in [0.15, 0.2) is 35.8 Å². The van der Waals surface area contributed by atoms with Gasteiger partial charge in [-0.25, -0.2) is 14.2 Å². The molecule has 0 saturated carbocycles. The maximum atomic E-state index is 13.3. The summed E-state index contributed by atoms with van der Waals surface area (Å²) in [6, 6.07) is 4.87. The van der Waals surface area contributed by atoms with Gasteiger partial charge in [0.2, 0.25) is 5.78 Å². The smallest absolute Gasteiger partial charge is 0.410 e. The topological polar surface area (TPSA) is 348 Å². The fraction of sp³-hybridized carbons (Fsp3) is 0.690. The predicted octanol–water partition coefficient (Wildman–Crippen LogP) is -2.40. The Hall–Kier alpha value is -3.78. The number of hydrogen-bond acceptors (Lipinski definition) is 23. The van der Waals surface area contributed by atoms with Crippen molar-refractivity contribution in [3.8, 4) is 0 Å². The Morgan fingerprint density at radius 3 is 2.01 bits per heavy atom. The van der Waals surface area contributed by atoms with Crippen molar-refractivity contribution < 1.29 is 98.2 Å². The van der Waals surface area contributed by atoms with Crippen LogP contribution in [0.2, 0.25) is 0 Å². The number of aliphatic hydroxyl groups is 10. The van der Waals surface area contributed by atoms with E-state index in [1.54, 1.807) is 21.2 Å². The number of thiazole rings is 1. The van der Waals surface area contributed by atoms with Crippen molar-refractivity contribution in [2.75, 3.05) is 33.0 Å². The zero-order valence-electron chi connectivity index (χ0n) is 36.6. The van der Waals surface area contributed by atoms with Crippen LogP contribution in [-0.2, 0) is 46.3 Å². The van der Waals surface area contributed by atoms with Crippen LogP contribution in [-0.4, -0.2) is 213 Å². The van der Waals surface area contributed by atoms with E-state index in [4.69, 9.17) is 33.2 Å². The Kier molecular flexibility index (Phi) is 18.3. The maximum Gasteiger partial charge on any atom is 0.410 e. The fourth-order valence-electron chi connectivity index (χ4n) is 8.38. The van der Waals surface area contributed by atoms with E-state index in [1.165, 1.54) is 35.6 Å². The molecular formula is C42H58FN5O19S. The minimum Gasteiger partial charge on any atom is -0.443 e. The van der Waals surface area contributed by atoms with E-state index in [9.17, 15) is 65.0 Å². The minimum atomic E-state index is -1.95. The summed E-state index contributed by atoms with van der Waals surface area (Å²) in [5.41, 5.74) is 0.987. The first kappa shape index (κ1) is 52.1. The molecule has 0 bridgehead atoms. The second-order valence-corrected chi connectivity index (χ2v) is 17.8. The van der Waals surface area contributed by atoms with Gasteiger partial charge >= 0.3 is 6.09 Å². The number of nitrogens with zero attached hydrogens (tertiary/aromatic N) is 5. The van der Waals surface area contributed by atoms with Crippen molar-refractivity contribution >= 4 is 23.2 Å². The Morgan fingerprint density at radius 1 is 0.750 bits per heavy atom. The largest absolute Gasteiger partial charge is 0.443 e. The third-order valence-electron chi connectivity index (χ3n) is 12.2. The van der Waals surface area contributed by atoms with E-state index < -0.39 is 124 Å². The summed E-state index contributed by atoms with van der Waals surface area (Å²) < 4.78 is 54.1. The number of aliphatic hydroxyl groups excluding tert-OH is 10. The number of halogens is 1. The third kappa shape index (κ3) is 12.0. The van der Waals surface area contributed by atoms with Crippen LogP contribution in [0.5, 0.6) is 0 Å². The monoisotopic (exact) mass is 987 g/mol. The lowest BCUT2D eigenvalue weighted by Gasteiger charge is -2.48. The summed E-state index contributed by atoms with van der Waals surface area (Å²) in [4.78, 5) is 32.0. The lowest BCUT2D eigenvalue weighted by molar-refractivity contribution is -0.379. The quantitative estimate of drug-likeness (QED) is 0.0417. The molecule has 24 nitrogen and oxygen atoms in total. The van der Waals surface area contributed by atoms with Crippen LogP contribution in [0.4, 0.5) is 9.18 Å². The summed E-state index contributed by atoms with van der Waals surface area (Å²) in [6.45, 7) is -1.35. The van der Waals surface area contributed by atoms with E-state index >= 15 is 0 Å². The number of ether oxygens (including phenoxy) is 7. The summed E-state index contributed by atoms with van der Waals surface area (Å²) >= 11 is 1.27. The number of unbranched alkanes of at least 4 members (excludes halogenated alkanes) is 3. The molecule has 3 aromatic rings. The Morgan fingerprint density at radius 2 is 1.35 bits per heavy atom. The zero-order chi connectivity index (χ0) is 48.6. The van der Waals surface area contributed by atoms with Crippen molar-refractivity contribution in [2.24, 2.45) is 0 Å². The van der Waals surface area contributed by atoms with Crippen molar-refractivity contribution in [1.82, 2.24) is 24.9 Å². The average Bonchev–Trinajstić information content (AvgIpc) is 4.14. The zero-order valence-corrected chi connectivity index (χ0v) is 37.4. The van der Waals surface area contributed by atoms with E-state index in [1.807, 2.05) is 0 Å². The number of carbonyl (C=O) groups excluding carboxylic acids is 2. The van der Waals surface area contributed by atoms with Crippen LogP contribution < -0.4 is 0 Å². The molecular weight excluding hydrogens is 930 g/mol. The average molecular weight is 988 g/mol. The molecule has 26 heteroatoms. The van der Waals surface area contributed by atoms with Crippen LogP contribution in [0.1, 0.15) is 71.3 Å². The van der Waals surface area contributed by atoms with Gasteiger partial charge in [0.1, 0.15) is 102 Å². The van der Waals surface area contributed by atoms with Gasteiger partial charge in [0.15, 0.2) is 18.9 Å². The first-order chi connectivity index (χ1) is 32.7. The molecule has 68 heavy (non-hydrogen) atoms. The fourth-order valence-corrected chi connectivity index (χ4v) is 9.32. The van der Waals surface area contributed by atoms with Crippen LogP contribution in [0.25, 0.3) is 0 Å². The van der Waals surface area contributed by atoms with Gasteiger partial charge in [-0.2, -0.15) is 0 Å². The highest BCUT2D eigenvalue weighted by Crippen LogP contribution is 2.36. The van der Waals surface area contributed by atoms with Crippen molar-refractivity contribution in [1.29, 1.82) is 0 Å².